The normalized spacial score (nSPS) is 18.4. The molecular weight excluding hydrogens is 411 g/mol. The van der Waals surface area contributed by atoms with Crippen LogP contribution in [0.1, 0.15) is 23.6 Å². The van der Waals surface area contributed by atoms with E-state index in [9.17, 15) is 24.2 Å². The van der Waals surface area contributed by atoms with Crippen molar-refractivity contribution < 1.29 is 24.2 Å². The predicted molar refractivity (Wildman–Crippen MR) is 112 cm³/mol. The van der Waals surface area contributed by atoms with Crippen molar-refractivity contribution in [3.8, 4) is 5.75 Å². The molecule has 1 aliphatic heterocycles. The number of hydrogen-bond acceptors (Lipinski definition) is 5. The molecule has 0 saturated carbocycles. The van der Waals surface area contributed by atoms with E-state index < -0.39 is 29.3 Å². The highest BCUT2D eigenvalue weighted by atomic mass is 35.5. The summed E-state index contributed by atoms with van der Waals surface area (Å²) in [5.74, 6) is -2.90. The van der Waals surface area contributed by atoms with Crippen LogP contribution in [0.3, 0.4) is 0 Å². The van der Waals surface area contributed by atoms with Crippen molar-refractivity contribution in [2.45, 2.75) is 12.5 Å². The summed E-state index contributed by atoms with van der Waals surface area (Å²) in [5.41, 5.74) is 0.249. The molecule has 6 nitrogen and oxygen atoms in total. The van der Waals surface area contributed by atoms with Crippen LogP contribution in [0.2, 0.25) is 5.02 Å². The first-order valence-corrected chi connectivity index (χ1v) is 9.76. The highest BCUT2D eigenvalue weighted by Crippen LogP contribution is 2.41. The second-order valence-electron chi connectivity index (χ2n) is 7.36. The van der Waals surface area contributed by atoms with Gasteiger partial charge in [-0.25, -0.2) is 4.39 Å². The third-order valence-electron chi connectivity index (χ3n) is 4.94. The second-order valence-corrected chi connectivity index (χ2v) is 7.80. The van der Waals surface area contributed by atoms with Gasteiger partial charge in [-0.3, -0.25) is 9.59 Å². The Labute approximate surface area is 178 Å². The first-order chi connectivity index (χ1) is 14.2. The van der Waals surface area contributed by atoms with Gasteiger partial charge in [0.25, 0.3) is 11.7 Å². The van der Waals surface area contributed by atoms with Crippen LogP contribution >= 0.6 is 11.6 Å². The fourth-order valence-electron chi connectivity index (χ4n) is 3.50. The minimum Gasteiger partial charge on any atom is -0.507 e. The predicted octanol–water partition coefficient (Wildman–Crippen LogP) is 3.56. The van der Waals surface area contributed by atoms with Gasteiger partial charge in [0.05, 0.1) is 17.2 Å². The highest BCUT2D eigenvalue weighted by molar-refractivity contribution is 6.46. The van der Waals surface area contributed by atoms with Crippen LogP contribution in [0.15, 0.2) is 48.0 Å². The number of aliphatic hydroxyl groups is 1. The summed E-state index contributed by atoms with van der Waals surface area (Å²) < 4.78 is 13.5. The molecule has 2 aromatic rings. The molecule has 2 aromatic carbocycles. The number of amides is 1. The number of ketones is 1. The summed E-state index contributed by atoms with van der Waals surface area (Å²) in [6.45, 7) is 0.956. The Morgan fingerprint density at radius 2 is 1.83 bits per heavy atom. The Kier molecular flexibility index (Phi) is 6.43. The number of carbonyl (C=O) groups excluding carboxylic acids is 2. The van der Waals surface area contributed by atoms with Gasteiger partial charge in [-0.2, -0.15) is 0 Å². The van der Waals surface area contributed by atoms with Crippen molar-refractivity contribution in [1.82, 2.24) is 9.80 Å². The lowest BCUT2D eigenvalue weighted by Crippen LogP contribution is -2.32. The second kappa shape index (κ2) is 8.85. The van der Waals surface area contributed by atoms with E-state index in [0.717, 1.165) is 0 Å². The SMILES string of the molecule is CN(C)CCCN1C(=O)C(=O)C(=C(O)c2cc(Cl)ccc2O)C1c1ccc(F)cc1. The molecule has 1 fully saturated rings. The minimum absolute atomic E-state index is 0.0547. The van der Waals surface area contributed by atoms with Crippen molar-refractivity contribution in [2.24, 2.45) is 0 Å². The minimum atomic E-state index is -0.911. The van der Waals surface area contributed by atoms with Gasteiger partial charge in [0.2, 0.25) is 0 Å². The van der Waals surface area contributed by atoms with Crippen molar-refractivity contribution in [3.63, 3.8) is 0 Å². The number of nitrogens with zero attached hydrogens (tertiary/aromatic N) is 2. The average molecular weight is 433 g/mol. The van der Waals surface area contributed by atoms with E-state index in [1.165, 1.54) is 47.4 Å². The average Bonchev–Trinajstić information content (AvgIpc) is 2.94. The van der Waals surface area contributed by atoms with Crippen molar-refractivity contribution in [1.29, 1.82) is 0 Å². The number of Topliss-reactive ketones (excluding diaryl/α,β-unsaturated/α-hetero) is 1. The zero-order chi connectivity index (χ0) is 22.0. The molecule has 1 heterocycles. The van der Waals surface area contributed by atoms with Gasteiger partial charge in [-0.15, -0.1) is 0 Å². The molecule has 8 heteroatoms. The van der Waals surface area contributed by atoms with Crippen LogP contribution in [0.5, 0.6) is 5.75 Å². The number of carbonyl (C=O) groups is 2. The van der Waals surface area contributed by atoms with Gasteiger partial charge >= 0.3 is 0 Å². The maximum atomic E-state index is 13.5. The first-order valence-electron chi connectivity index (χ1n) is 9.38. The summed E-state index contributed by atoms with van der Waals surface area (Å²) in [6.07, 6.45) is 0.597. The smallest absolute Gasteiger partial charge is 0.295 e. The summed E-state index contributed by atoms with van der Waals surface area (Å²) in [6, 6.07) is 8.52. The Balaban J connectivity index is 2.13. The van der Waals surface area contributed by atoms with Crippen molar-refractivity contribution in [2.75, 3.05) is 27.2 Å². The summed E-state index contributed by atoms with van der Waals surface area (Å²) in [4.78, 5) is 29.0. The third kappa shape index (κ3) is 4.32. The topological polar surface area (TPSA) is 81.1 Å². The van der Waals surface area contributed by atoms with Gasteiger partial charge in [-0.1, -0.05) is 23.7 Å². The maximum absolute atomic E-state index is 13.5. The molecule has 0 spiro atoms. The molecule has 1 saturated heterocycles. The fraction of sp³-hybridized carbons (Fsp3) is 0.273. The molecule has 30 heavy (non-hydrogen) atoms. The number of phenols is 1. The van der Waals surface area contributed by atoms with E-state index in [1.54, 1.807) is 0 Å². The molecule has 1 atom stereocenters. The van der Waals surface area contributed by atoms with E-state index in [4.69, 9.17) is 11.6 Å². The zero-order valence-corrected chi connectivity index (χ0v) is 17.4. The van der Waals surface area contributed by atoms with E-state index >= 15 is 0 Å². The molecule has 1 unspecified atom stereocenters. The van der Waals surface area contributed by atoms with Crippen molar-refractivity contribution in [3.05, 3.63) is 70.0 Å². The number of halogens is 2. The Bertz CT molecular complexity index is 1000. The Morgan fingerprint density at radius 3 is 2.47 bits per heavy atom. The molecule has 0 aliphatic carbocycles. The number of aromatic hydroxyl groups is 1. The molecule has 3 rings (SSSR count). The van der Waals surface area contributed by atoms with E-state index in [2.05, 4.69) is 0 Å². The number of rotatable bonds is 6. The molecule has 2 N–H and O–H groups in total. The van der Waals surface area contributed by atoms with Crippen LogP contribution in [0.4, 0.5) is 4.39 Å². The summed E-state index contributed by atoms with van der Waals surface area (Å²) in [7, 11) is 3.79. The van der Waals surface area contributed by atoms with Gasteiger partial charge in [-0.05, 0) is 63.0 Å². The van der Waals surface area contributed by atoms with Crippen LogP contribution < -0.4 is 0 Å². The van der Waals surface area contributed by atoms with Crippen LogP contribution in [0.25, 0.3) is 5.76 Å². The zero-order valence-electron chi connectivity index (χ0n) is 16.6. The lowest BCUT2D eigenvalue weighted by molar-refractivity contribution is -0.139. The molecule has 1 aliphatic rings. The number of phenolic OH excluding ortho intramolecular Hbond substituents is 1. The van der Waals surface area contributed by atoms with Gasteiger partial charge in [0.15, 0.2) is 0 Å². The lowest BCUT2D eigenvalue weighted by atomic mass is 9.95. The Morgan fingerprint density at radius 1 is 1.17 bits per heavy atom. The monoisotopic (exact) mass is 432 g/mol. The lowest BCUT2D eigenvalue weighted by Gasteiger charge is -2.26. The van der Waals surface area contributed by atoms with Crippen LogP contribution in [-0.2, 0) is 9.59 Å². The summed E-state index contributed by atoms with van der Waals surface area (Å²) in [5, 5.41) is 21.3. The molecule has 1 amide bonds. The molecule has 0 aromatic heterocycles. The fourth-order valence-corrected chi connectivity index (χ4v) is 3.67. The Hall–Kier alpha value is -2.90. The number of likely N-dealkylation sites (tertiary alicyclic amines) is 1. The van der Waals surface area contributed by atoms with Gasteiger partial charge < -0.3 is 20.0 Å². The van der Waals surface area contributed by atoms with Crippen LogP contribution in [-0.4, -0.2) is 58.9 Å². The molecule has 0 radical (unpaired) electrons. The molecule has 158 valence electrons. The summed E-state index contributed by atoms with van der Waals surface area (Å²) >= 11 is 5.98. The van der Waals surface area contributed by atoms with E-state index in [1.807, 2.05) is 19.0 Å². The van der Waals surface area contributed by atoms with E-state index in [0.29, 0.717) is 18.5 Å². The first kappa shape index (κ1) is 21.8. The number of hydrogen-bond donors (Lipinski definition) is 2. The highest BCUT2D eigenvalue weighted by Gasteiger charge is 2.46. The van der Waals surface area contributed by atoms with Crippen LogP contribution in [0, 0.1) is 5.82 Å². The number of benzene rings is 2. The largest absolute Gasteiger partial charge is 0.507 e. The van der Waals surface area contributed by atoms with E-state index in [-0.39, 0.29) is 28.5 Å². The van der Waals surface area contributed by atoms with Crippen molar-refractivity contribution >= 4 is 29.1 Å². The quantitative estimate of drug-likeness (QED) is 0.414. The molecular formula is C22H22ClFN2O4. The standard InChI is InChI=1S/C22H22ClFN2O4/c1-25(2)10-3-11-26-19(13-4-7-15(24)8-5-13)18(21(29)22(26)30)20(28)16-12-14(23)6-9-17(16)27/h4-9,12,19,27-28H,3,10-11H2,1-2H3. The van der Waals surface area contributed by atoms with Gasteiger partial charge in [0.1, 0.15) is 17.3 Å². The maximum Gasteiger partial charge on any atom is 0.295 e. The number of aliphatic hydroxyl groups excluding tert-OH is 1. The molecule has 0 bridgehead atoms. The third-order valence-corrected chi connectivity index (χ3v) is 5.18. The van der Waals surface area contributed by atoms with Gasteiger partial charge in [0, 0.05) is 11.6 Å².